The lowest BCUT2D eigenvalue weighted by molar-refractivity contribution is -0.138. The van der Waals surface area contributed by atoms with E-state index in [2.05, 4.69) is 60.4 Å². The molecule has 0 bridgehead atoms. The number of piperidine rings is 1. The Kier molecular flexibility index (Phi) is 6.07. The van der Waals surface area contributed by atoms with Crippen LogP contribution in [-0.2, 0) is 11.3 Å². The first kappa shape index (κ1) is 18.6. The van der Waals surface area contributed by atoms with Gasteiger partial charge in [-0.2, -0.15) is 0 Å². The Bertz CT molecular complexity index is 734. The van der Waals surface area contributed by atoms with Crippen LogP contribution in [-0.4, -0.2) is 53.6 Å². The number of rotatable bonds is 6. The predicted molar refractivity (Wildman–Crippen MR) is 105 cm³/mol. The molecule has 0 spiro atoms. The normalized spacial score (nSPS) is 16.1. The number of likely N-dealkylation sites (N-methyl/N-ethyl adjacent to an activating group) is 1. The molecule has 2 aromatic rings. The first-order valence-electron chi connectivity index (χ1n) is 9.31. The van der Waals surface area contributed by atoms with E-state index in [0.29, 0.717) is 6.04 Å². The van der Waals surface area contributed by atoms with Crippen LogP contribution in [0.4, 0.5) is 0 Å². The van der Waals surface area contributed by atoms with E-state index in [0.717, 1.165) is 32.5 Å². The second kappa shape index (κ2) is 8.47. The molecule has 4 heteroatoms. The van der Waals surface area contributed by atoms with Crippen LogP contribution >= 0.6 is 0 Å². The van der Waals surface area contributed by atoms with Crippen molar-refractivity contribution in [1.82, 2.24) is 9.80 Å². The molecule has 2 aromatic carbocycles. The molecular formula is C22H28N2O2. The van der Waals surface area contributed by atoms with E-state index < -0.39 is 5.97 Å². The molecule has 0 radical (unpaired) electrons. The summed E-state index contributed by atoms with van der Waals surface area (Å²) in [7, 11) is 1.92. The van der Waals surface area contributed by atoms with Gasteiger partial charge in [-0.25, -0.2) is 0 Å². The van der Waals surface area contributed by atoms with Crippen LogP contribution in [0.25, 0.3) is 11.1 Å². The van der Waals surface area contributed by atoms with Crippen molar-refractivity contribution in [3.63, 3.8) is 0 Å². The third-order valence-corrected chi connectivity index (χ3v) is 5.28. The van der Waals surface area contributed by atoms with Crippen LogP contribution in [0, 0.1) is 6.92 Å². The summed E-state index contributed by atoms with van der Waals surface area (Å²) in [6.07, 6.45) is 2.06. The highest BCUT2D eigenvalue weighted by Gasteiger charge is 2.23. The highest BCUT2D eigenvalue weighted by molar-refractivity contribution is 5.69. The molecule has 0 atom stereocenters. The smallest absolute Gasteiger partial charge is 0.317 e. The number of hydrogen-bond donors (Lipinski definition) is 1. The second-order valence-corrected chi connectivity index (χ2v) is 7.38. The van der Waals surface area contributed by atoms with Crippen molar-refractivity contribution in [2.45, 2.75) is 32.4 Å². The van der Waals surface area contributed by atoms with Gasteiger partial charge in [0.2, 0.25) is 0 Å². The average molecular weight is 352 g/mol. The number of carbonyl (C=O) groups is 1. The second-order valence-electron chi connectivity index (χ2n) is 7.38. The Labute approximate surface area is 156 Å². The number of nitrogens with zero attached hydrogens (tertiary/aromatic N) is 2. The molecule has 1 N–H and O–H groups in total. The van der Waals surface area contributed by atoms with Crippen molar-refractivity contribution in [3.8, 4) is 11.1 Å². The number of aliphatic carboxylic acids is 1. The van der Waals surface area contributed by atoms with E-state index >= 15 is 0 Å². The first-order valence-corrected chi connectivity index (χ1v) is 9.31. The fraction of sp³-hybridized carbons (Fsp3) is 0.409. The lowest BCUT2D eigenvalue weighted by atomic mass is 10.0. The highest BCUT2D eigenvalue weighted by atomic mass is 16.4. The fourth-order valence-electron chi connectivity index (χ4n) is 3.71. The van der Waals surface area contributed by atoms with E-state index in [4.69, 9.17) is 5.11 Å². The van der Waals surface area contributed by atoms with Crippen LogP contribution in [0.15, 0.2) is 48.5 Å². The lowest BCUT2D eigenvalue weighted by Crippen LogP contribution is -2.44. The molecule has 1 heterocycles. The summed E-state index contributed by atoms with van der Waals surface area (Å²) in [5.41, 5.74) is 5.13. The Morgan fingerprint density at radius 1 is 1.12 bits per heavy atom. The maximum atomic E-state index is 10.9. The molecule has 0 unspecified atom stereocenters. The zero-order chi connectivity index (χ0) is 18.5. The van der Waals surface area contributed by atoms with Gasteiger partial charge in [-0.15, -0.1) is 0 Å². The van der Waals surface area contributed by atoms with Crippen molar-refractivity contribution < 1.29 is 9.90 Å². The highest BCUT2D eigenvalue weighted by Crippen LogP contribution is 2.23. The van der Waals surface area contributed by atoms with Crippen molar-refractivity contribution in [2.24, 2.45) is 0 Å². The van der Waals surface area contributed by atoms with Gasteiger partial charge < -0.3 is 5.11 Å². The zero-order valence-electron chi connectivity index (χ0n) is 15.7. The molecule has 138 valence electrons. The maximum Gasteiger partial charge on any atom is 0.317 e. The number of likely N-dealkylation sites (tertiary alicyclic amines) is 1. The number of hydrogen-bond acceptors (Lipinski definition) is 3. The van der Waals surface area contributed by atoms with Gasteiger partial charge in [0.25, 0.3) is 0 Å². The van der Waals surface area contributed by atoms with Crippen LogP contribution < -0.4 is 0 Å². The molecule has 1 aliphatic heterocycles. The van der Waals surface area contributed by atoms with Gasteiger partial charge in [-0.1, -0.05) is 48.0 Å². The van der Waals surface area contributed by atoms with E-state index in [1.165, 1.54) is 22.3 Å². The molecule has 1 fully saturated rings. The summed E-state index contributed by atoms with van der Waals surface area (Å²) in [5, 5.41) is 8.94. The fourth-order valence-corrected chi connectivity index (χ4v) is 3.71. The molecular weight excluding hydrogens is 324 g/mol. The summed E-state index contributed by atoms with van der Waals surface area (Å²) < 4.78 is 0. The molecule has 0 amide bonds. The lowest BCUT2D eigenvalue weighted by Gasteiger charge is -2.36. The van der Waals surface area contributed by atoms with Gasteiger partial charge in [-0.3, -0.25) is 14.6 Å². The Hall–Kier alpha value is -2.17. The molecule has 1 saturated heterocycles. The molecule has 4 nitrogen and oxygen atoms in total. The monoisotopic (exact) mass is 352 g/mol. The number of benzene rings is 2. The number of carboxylic acid groups (broad SMARTS) is 1. The van der Waals surface area contributed by atoms with Gasteiger partial charge >= 0.3 is 5.97 Å². The topological polar surface area (TPSA) is 43.8 Å². The summed E-state index contributed by atoms with van der Waals surface area (Å²) >= 11 is 0. The third kappa shape index (κ3) is 4.93. The third-order valence-electron chi connectivity index (χ3n) is 5.28. The molecule has 1 aliphatic rings. The minimum atomic E-state index is -0.747. The SMILES string of the molecule is Cc1ccc(-c2cccc(CN3CCC(N(C)CC(=O)O)CC3)c2)cc1. The largest absolute Gasteiger partial charge is 0.480 e. The quantitative estimate of drug-likeness (QED) is 0.862. The molecule has 3 rings (SSSR count). The van der Waals surface area contributed by atoms with Gasteiger partial charge in [0, 0.05) is 12.6 Å². The van der Waals surface area contributed by atoms with Crippen LogP contribution in [0.1, 0.15) is 24.0 Å². The first-order chi connectivity index (χ1) is 12.5. The van der Waals surface area contributed by atoms with Crippen LogP contribution in [0.5, 0.6) is 0 Å². The predicted octanol–water partition coefficient (Wildman–Crippen LogP) is 3.64. The molecule has 0 aliphatic carbocycles. The molecule has 0 aromatic heterocycles. The van der Waals surface area contributed by atoms with Crippen molar-refractivity contribution in [3.05, 3.63) is 59.7 Å². The van der Waals surface area contributed by atoms with Gasteiger partial charge in [0.05, 0.1) is 6.54 Å². The van der Waals surface area contributed by atoms with E-state index in [1.54, 1.807) is 0 Å². The van der Waals surface area contributed by atoms with Gasteiger partial charge in [0.15, 0.2) is 0 Å². The Morgan fingerprint density at radius 2 is 1.81 bits per heavy atom. The van der Waals surface area contributed by atoms with Gasteiger partial charge in [0.1, 0.15) is 0 Å². The minimum absolute atomic E-state index is 0.128. The minimum Gasteiger partial charge on any atom is -0.480 e. The maximum absolute atomic E-state index is 10.9. The van der Waals surface area contributed by atoms with Crippen LogP contribution in [0.3, 0.4) is 0 Å². The Morgan fingerprint density at radius 3 is 2.46 bits per heavy atom. The van der Waals surface area contributed by atoms with Crippen LogP contribution in [0.2, 0.25) is 0 Å². The van der Waals surface area contributed by atoms with E-state index in [9.17, 15) is 4.79 Å². The average Bonchev–Trinajstić information content (AvgIpc) is 2.62. The van der Waals surface area contributed by atoms with Gasteiger partial charge in [-0.05, 0) is 62.7 Å². The van der Waals surface area contributed by atoms with Crippen molar-refractivity contribution in [1.29, 1.82) is 0 Å². The summed E-state index contributed by atoms with van der Waals surface area (Å²) in [5.74, 6) is -0.747. The zero-order valence-corrected chi connectivity index (χ0v) is 15.7. The summed E-state index contributed by atoms with van der Waals surface area (Å²) in [4.78, 5) is 15.3. The summed E-state index contributed by atoms with van der Waals surface area (Å²) in [6.45, 7) is 5.23. The molecule has 26 heavy (non-hydrogen) atoms. The standard InChI is InChI=1S/C22H28N2O2/c1-17-6-8-19(9-7-17)20-5-3-4-18(14-20)15-24-12-10-21(11-13-24)23(2)16-22(25)26/h3-9,14,21H,10-13,15-16H2,1-2H3,(H,25,26). The number of carboxylic acids is 1. The van der Waals surface area contributed by atoms with E-state index in [1.807, 2.05) is 11.9 Å². The summed E-state index contributed by atoms with van der Waals surface area (Å²) in [6, 6.07) is 17.8. The van der Waals surface area contributed by atoms with E-state index in [-0.39, 0.29) is 6.54 Å². The Balaban J connectivity index is 1.58. The number of aryl methyl sites for hydroxylation is 1. The molecule has 0 saturated carbocycles. The van der Waals surface area contributed by atoms with Crippen molar-refractivity contribution in [2.75, 3.05) is 26.7 Å². The van der Waals surface area contributed by atoms with Crippen molar-refractivity contribution >= 4 is 5.97 Å².